The van der Waals surface area contributed by atoms with Crippen molar-refractivity contribution in [3.8, 4) is 11.5 Å². The second kappa shape index (κ2) is 9.29. The van der Waals surface area contributed by atoms with Gasteiger partial charge in [-0.1, -0.05) is 46.5 Å². The van der Waals surface area contributed by atoms with Crippen LogP contribution in [0, 0.1) is 0 Å². The first kappa shape index (κ1) is 22.0. The Bertz CT molecular complexity index is 575. The molecule has 1 aliphatic carbocycles. The van der Waals surface area contributed by atoms with Gasteiger partial charge in [-0.05, 0) is 55.2 Å². The van der Waals surface area contributed by atoms with E-state index in [-0.39, 0.29) is 11.5 Å². The maximum absolute atomic E-state index is 11.3. The molecule has 0 bridgehead atoms. The third-order valence-electron chi connectivity index (χ3n) is 6.19. The molecule has 1 aliphatic rings. The lowest BCUT2D eigenvalue weighted by atomic mass is 9.75. The molecule has 0 unspecified atom stereocenters. The van der Waals surface area contributed by atoms with E-state index in [2.05, 4.69) is 32.9 Å². The van der Waals surface area contributed by atoms with Gasteiger partial charge in [0, 0.05) is 0 Å². The molecular formula is C23H38O4. The third-order valence-corrected chi connectivity index (χ3v) is 6.19. The van der Waals surface area contributed by atoms with E-state index >= 15 is 0 Å². The van der Waals surface area contributed by atoms with E-state index in [1.165, 1.54) is 31.2 Å². The summed E-state index contributed by atoms with van der Waals surface area (Å²) in [5.74, 6) is 1.37. The summed E-state index contributed by atoms with van der Waals surface area (Å²) >= 11 is 0. The van der Waals surface area contributed by atoms with Crippen LogP contribution in [0.3, 0.4) is 0 Å². The van der Waals surface area contributed by atoms with Crippen molar-refractivity contribution in [1.29, 1.82) is 0 Å². The van der Waals surface area contributed by atoms with Gasteiger partial charge in [0.2, 0.25) is 0 Å². The van der Waals surface area contributed by atoms with Crippen LogP contribution in [0.25, 0.3) is 0 Å². The van der Waals surface area contributed by atoms with E-state index in [9.17, 15) is 10.2 Å². The first-order valence-electron chi connectivity index (χ1n) is 10.4. The van der Waals surface area contributed by atoms with Gasteiger partial charge in [0.25, 0.3) is 0 Å². The molecule has 2 rings (SSSR count). The predicted molar refractivity (Wildman–Crippen MR) is 110 cm³/mol. The Hall–Kier alpha value is -1.26. The van der Waals surface area contributed by atoms with Crippen LogP contribution in [-0.2, 0) is 11.0 Å². The Morgan fingerprint density at radius 3 is 2.07 bits per heavy atom. The fraction of sp³-hybridized carbons (Fsp3) is 0.739. The Morgan fingerprint density at radius 1 is 1.04 bits per heavy atom. The standard InChI is InChI=1S/C23H38O4/c1-6-7-8-9-12-22(2,3)17-15-19(26-4)21(20(16-17)27-5)23(25)13-10-18(24)11-14-23/h15-16,18,24-25H,6-14H2,1-5H3. The highest BCUT2D eigenvalue weighted by atomic mass is 16.5. The molecule has 0 aromatic heterocycles. The zero-order chi connectivity index (χ0) is 20.1. The molecule has 27 heavy (non-hydrogen) atoms. The maximum atomic E-state index is 11.3. The van der Waals surface area contributed by atoms with Gasteiger partial charge in [-0.25, -0.2) is 0 Å². The summed E-state index contributed by atoms with van der Waals surface area (Å²) in [6.45, 7) is 6.76. The number of hydrogen-bond acceptors (Lipinski definition) is 4. The van der Waals surface area contributed by atoms with Crippen LogP contribution in [0.1, 0.15) is 89.7 Å². The monoisotopic (exact) mass is 378 g/mol. The molecule has 0 saturated heterocycles. The largest absolute Gasteiger partial charge is 0.496 e. The number of benzene rings is 1. The molecular weight excluding hydrogens is 340 g/mol. The molecule has 0 atom stereocenters. The fourth-order valence-electron chi connectivity index (χ4n) is 4.23. The third kappa shape index (κ3) is 5.17. The minimum absolute atomic E-state index is 0.0121. The first-order valence-corrected chi connectivity index (χ1v) is 10.4. The summed E-state index contributed by atoms with van der Waals surface area (Å²) in [5, 5.41) is 21.1. The molecule has 0 radical (unpaired) electrons. The quantitative estimate of drug-likeness (QED) is 0.589. The van der Waals surface area contributed by atoms with E-state index in [4.69, 9.17) is 9.47 Å². The van der Waals surface area contributed by atoms with Gasteiger partial charge in [-0.15, -0.1) is 0 Å². The molecule has 1 saturated carbocycles. The van der Waals surface area contributed by atoms with Crippen LogP contribution in [0.4, 0.5) is 0 Å². The van der Waals surface area contributed by atoms with Gasteiger partial charge in [0.15, 0.2) is 0 Å². The van der Waals surface area contributed by atoms with E-state index in [0.717, 1.165) is 12.0 Å². The summed E-state index contributed by atoms with van der Waals surface area (Å²) in [6, 6.07) is 4.14. The lowest BCUT2D eigenvalue weighted by molar-refractivity contribution is -0.0388. The zero-order valence-electron chi connectivity index (χ0n) is 17.8. The van der Waals surface area contributed by atoms with Gasteiger partial charge in [0.05, 0.1) is 31.5 Å². The lowest BCUT2D eigenvalue weighted by Crippen LogP contribution is -2.34. The van der Waals surface area contributed by atoms with Crippen LogP contribution in [0.15, 0.2) is 12.1 Å². The Morgan fingerprint density at radius 2 is 1.59 bits per heavy atom. The SMILES string of the molecule is CCCCCCC(C)(C)c1cc(OC)c(C2(O)CCC(O)CC2)c(OC)c1. The highest BCUT2D eigenvalue weighted by Crippen LogP contribution is 2.48. The topological polar surface area (TPSA) is 58.9 Å². The molecule has 154 valence electrons. The van der Waals surface area contributed by atoms with Gasteiger partial charge in [-0.2, -0.15) is 0 Å². The summed E-state index contributed by atoms with van der Waals surface area (Å²) in [7, 11) is 3.30. The molecule has 0 spiro atoms. The average molecular weight is 379 g/mol. The summed E-state index contributed by atoms with van der Waals surface area (Å²) in [5.41, 5.74) is 0.901. The molecule has 0 aliphatic heterocycles. The molecule has 0 amide bonds. The molecule has 1 fully saturated rings. The van der Waals surface area contributed by atoms with Crippen molar-refractivity contribution in [2.45, 2.75) is 95.7 Å². The Balaban J connectivity index is 2.35. The molecule has 4 nitrogen and oxygen atoms in total. The second-order valence-corrected chi connectivity index (χ2v) is 8.71. The van der Waals surface area contributed by atoms with Crippen LogP contribution in [-0.4, -0.2) is 30.5 Å². The Labute approximate surface area is 164 Å². The highest BCUT2D eigenvalue weighted by Gasteiger charge is 2.40. The van der Waals surface area contributed by atoms with Gasteiger partial charge >= 0.3 is 0 Å². The summed E-state index contributed by atoms with van der Waals surface area (Å²) < 4.78 is 11.4. The molecule has 0 heterocycles. The number of ether oxygens (including phenoxy) is 2. The number of rotatable bonds is 9. The van der Waals surface area contributed by atoms with Crippen molar-refractivity contribution < 1.29 is 19.7 Å². The number of aliphatic hydroxyl groups is 2. The first-order chi connectivity index (χ1) is 12.8. The van der Waals surface area contributed by atoms with Crippen molar-refractivity contribution >= 4 is 0 Å². The number of aliphatic hydroxyl groups excluding tert-OH is 1. The van der Waals surface area contributed by atoms with Crippen LogP contribution in [0.2, 0.25) is 0 Å². The van der Waals surface area contributed by atoms with Gasteiger partial charge in [-0.3, -0.25) is 0 Å². The smallest absolute Gasteiger partial charge is 0.128 e. The van der Waals surface area contributed by atoms with Crippen molar-refractivity contribution in [1.82, 2.24) is 0 Å². The minimum atomic E-state index is -1.01. The summed E-state index contributed by atoms with van der Waals surface area (Å²) in [4.78, 5) is 0. The fourth-order valence-corrected chi connectivity index (χ4v) is 4.23. The van der Waals surface area contributed by atoms with E-state index in [0.29, 0.717) is 37.2 Å². The minimum Gasteiger partial charge on any atom is -0.496 e. The van der Waals surface area contributed by atoms with Crippen molar-refractivity contribution in [2.75, 3.05) is 14.2 Å². The molecule has 1 aromatic carbocycles. The van der Waals surface area contributed by atoms with Crippen molar-refractivity contribution in [3.05, 3.63) is 23.3 Å². The molecule has 4 heteroatoms. The van der Waals surface area contributed by atoms with Crippen molar-refractivity contribution in [2.24, 2.45) is 0 Å². The van der Waals surface area contributed by atoms with Gasteiger partial charge < -0.3 is 19.7 Å². The van der Waals surface area contributed by atoms with Crippen LogP contribution < -0.4 is 9.47 Å². The molecule has 2 N–H and O–H groups in total. The number of unbranched alkanes of at least 4 members (excludes halogenated alkanes) is 3. The number of methoxy groups -OCH3 is 2. The zero-order valence-corrected chi connectivity index (χ0v) is 17.8. The maximum Gasteiger partial charge on any atom is 0.128 e. The molecule has 1 aromatic rings. The van der Waals surface area contributed by atoms with E-state index in [1.54, 1.807) is 14.2 Å². The highest BCUT2D eigenvalue weighted by molar-refractivity contribution is 5.53. The normalized spacial score (nSPS) is 23.3. The summed E-state index contributed by atoms with van der Waals surface area (Å²) in [6.07, 6.45) is 7.97. The van der Waals surface area contributed by atoms with Crippen LogP contribution >= 0.6 is 0 Å². The predicted octanol–water partition coefficient (Wildman–Crippen LogP) is 5.07. The number of hydrogen-bond donors (Lipinski definition) is 2. The van der Waals surface area contributed by atoms with E-state index in [1.807, 2.05) is 0 Å². The van der Waals surface area contributed by atoms with Crippen LogP contribution in [0.5, 0.6) is 11.5 Å². The Kier molecular flexibility index (Phi) is 7.58. The van der Waals surface area contributed by atoms with Crippen molar-refractivity contribution in [3.63, 3.8) is 0 Å². The second-order valence-electron chi connectivity index (χ2n) is 8.71. The van der Waals surface area contributed by atoms with Gasteiger partial charge in [0.1, 0.15) is 11.5 Å². The lowest BCUT2D eigenvalue weighted by Gasteiger charge is -2.37. The van der Waals surface area contributed by atoms with E-state index < -0.39 is 5.60 Å². The average Bonchev–Trinajstić information content (AvgIpc) is 2.66.